The summed E-state index contributed by atoms with van der Waals surface area (Å²) in [6.07, 6.45) is 0. The van der Waals surface area contributed by atoms with Gasteiger partial charge in [0.1, 0.15) is 5.82 Å². The number of hydrogen-bond donors (Lipinski definition) is 3. The molecule has 0 radical (unpaired) electrons. The van der Waals surface area contributed by atoms with Crippen molar-refractivity contribution in [2.45, 2.75) is 6.92 Å². The predicted octanol–water partition coefficient (Wildman–Crippen LogP) is 3.48. The number of rotatable bonds is 3. The Kier molecular flexibility index (Phi) is 4.18. The monoisotopic (exact) mass is 288 g/mol. The molecular weight excluding hydrogens is 275 g/mol. The quantitative estimate of drug-likeness (QED) is 0.809. The van der Waals surface area contributed by atoms with Gasteiger partial charge in [0.15, 0.2) is 0 Å². The third-order valence-corrected chi connectivity index (χ3v) is 2.76. The van der Waals surface area contributed by atoms with Crippen LogP contribution in [0.3, 0.4) is 0 Å². The van der Waals surface area contributed by atoms with Gasteiger partial charge in [0.25, 0.3) is 0 Å². The van der Waals surface area contributed by atoms with Gasteiger partial charge in [-0.05, 0) is 36.8 Å². The second-order valence-corrected chi connectivity index (χ2v) is 4.42. The molecule has 0 aliphatic carbocycles. The van der Waals surface area contributed by atoms with Crippen LogP contribution in [-0.2, 0) is 0 Å². The summed E-state index contributed by atoms with van der Waals surface area (Å²) in [4.78, 5) is 22.9. The van der Waals surface area contributed by atoms with Crippen LogP contribution in [0.1, 0.15) is 15.9 Å². The Hall–Kier alpha value is -2.89. The Morgan fingerprint density at radius 3 is 2.48 bits per heavy atom. The largest absolute Gasteiger partial charge is 0.478 e. The molecule has 2 aromatic carbocycles. The summed E-state index contributed by atoms with van der Waals surface area (Å²) >= 11 is 0. The van der Waals surface area contributed by atoms with Crippen LogP contribution < -0.4 is 10.6 Å². The highest BCUT2D eigenvalue weighted by Crippen LogP contribution is 2.20. The number of anilines is 2. The Labute approximate surface area is 120 Å². The van der Waals surface area contributed by atoms with E-state index in [-0.39, 0.29) is 11.3 Å². The van der Waals surface area contributed by atoms with Crippen molar-refractivity contribution in [2.75, 3.05) is 10.6 Å². The Bertz CT molecular complexity index is 701. The van der Waals surface area contributed by atoms with Crippen molar-refractivity contribution in [1.82, 2.24) is 0 Å². The van der Waals surface area contributed by atoms with Crippen molar-refractivity contribution in [3.8, 4) is 0 Å². The Morgan fingerprint density at radius 2 is 1.81 bits per heavy atom. The molecule has 5 nitrogen and oxygen atoms in total. The summed E-state index contributed by atoms with van der Waals surface area (Å²) in [6, 6.07) is 9.88. The molecule has 0 fully saturated rings. The van der Waals surface area contributed by atoms with E-state index < -0.39 is 17.8 Å². The van der Waals surface area contributed by atoms with Crippen molar-refractivity contribution < 1.29 is 19.1 Å². The summed E-state index contributed by atoms with van der Waals surface area (Å²) in [5, 5.41) is 13.7. The fourth-order valence-electron chi connectivity index (χ4n) is 1.83. The molecule has 108 valence electrons. The third-order valence-electron chi connectivity index (χ3n) is 2.76. The number of nitrogens with one attached hydrogen (secondary N) is 2. The minimum atomic E-state index is -1.32. The van der Waals surface area contributed by atoms with Crippen molar-refractivity contribution in [3.05, 3.63) is 59.4 Å². The minimum Gasteiger partial charge on any atom is -0.478 e. The zero-order valence-electron chi connectivity index (χ0n) is 11.2. The fraction of sp³-hybridized carbons (Fsp3) is 0.0667. The lowest BCUT2D eigenvalue weighted by Gasteiger charge is -2.11. The van der Waals surface area contributed by atoms with E-state index in [4.69, 9.17) is 5.11 Å². The fourth-order valence-corrected chi connectivity index (χ4v) is 1.83. The van der Waals surface area contributed by atoms with E-state index in [1.807, 2.05) is 13.0 Å². The first-order valence-electron chi connectivity index (χ1n) is 6.14. The van der Waals surface area contributed by atoms with E-state index in [1.54, 1.807) is 18.2 Å². The molecule has 6 heteroatoms. The summed E-state index contributed by atoms with van der Waals surface area (Å²) in [7, 11) is 0. The second-order valence-electron chi connectivity index (χ2n) is 4.42. The molecule has 0 saturated carbocycles. The smallest absolute Gasteiger partial charge is 0.337 e. The van der Waals surface area contributed by atoms with Gasteiger partial charge in [0.05, 0.1) is 11.3 Å². The van der Waals surface area contributed by atoms with Gasteiger partial charge in [0.2, 0.25) is 0 Å². The number of amides is 2. The lowest BCUT2D eigenvalue weighted by Crippen LogP contribution is -2.22. The number of carboxylic acid groups (broad SMARTS) is 1. The topological polar surface area (TPSA) is 78.4 Å². The lowest BCUT2D eigenvalue weighted by atomic mass is 10.1. The summed E-state index contributed by atoms with van der Waals surface area (Å²) < 4.78 is 13.7. The number of urea groups is 1. The Balaban J connectivity index is 2.18. The van der Waals surface area contributed by atoms with Crippen molar-refractivity contribution >= 4 is 23.4 Å². The van der Waals surface area contributed by atoms with Crippen LogP contribution in [0.4, 0.5) is 20.6 Å². The number of aromatic carboxylic acids is 1. The molecule has 0 aromatic heterocycles. The number of carbonyl (C=O) groups excluding carboxylic acids is 1. The number of para-hydroxylation sites is 1. The molecule has 0 unspecified atom stereocenters. The molecule has 0 saturated heterocycles. The third kappa shape index (κ3) is 3.56. The maximum Gasteiger partial charge on any atom is 0.337 e. The number of carboxylic acids is 1. The van der Waals surface area contributed by atoms with Crippen molar-refractivity contribution in [2.24, 2.45) is 0 Å². The maximum atomic E-state index is 13.7. The van der Waals surface area contributed by atoms with Gasteiger partial charge in [-0.1, -0.05) is 18.2 Å². The molecule has 3 N–H and O–H groups in total. The van der Waals surface area contributed by atoms with Crippen LogP contribution in [0.15, 0.2) is 42.5 Å². The highest BCUT2D eigenvalue weighted by molar-refractivity contribution is 6.04. The molecule has 0 spiro atoms. The molecule has 2 aromatic rings. The average molecular weight is 288 g/mol. The molecule has 0 bridgehead atoms. The number of halogens is 1. The highest BCUT2D eigenvalue weighted by Gasteiger charge is 2.16. The molecule has 2 amide bonds. The van der Waals surface area contributed by atoms with Gasteiger partial charge < -0.3 is 15.7 Å². The van der Waals surface area contributed by atoms with E-state index in [0.717, 1.165) is 11.6 Å². The standard InChI is InChI=1S/C15H13FN2O3/c1-9-4-2-5-10(8-9)17-15(21)18-13-11(14(19)20)6-3-7-12(13)16/h2-8H,1H3,(H,19,20)(H2,17,18,21). The molecule has 0 atom stereocenters. The number of benzene rings is 2. The van der Waals surface area contributed by atoms with Crippen molar-refractivity contribution in [1.29, 1.82) is 0 Å². The van der Waals surface area contributed by atoms with Crippen LogP contribution in [0.5, 0.6) is 0 Å². The molecule has 0 heterocycles. The highest BCUT2D eigenvalue weighted by atomic mass is 19.1. The first kappa shape index (κ1) is 14.5. The average Bonchev–Trinajstić information content (AvgIpc) is 2.40. The summed E-state index contributed by atoms with van der Waals surface area (Å²) in [6.45, 7) is 1.86. The molecular formula is C15H13FN2O3. The normalized spacial score (nSPS) is 10.0. The van der Waals surface area contributed by atoms with Crippen LogP contribution in [-0.4, -0.2) is 17.1 Å². The van der Waals surface area contributed by atoms with E-state index >= 15 is 0 Å². The zero-order chi connectivity index (χ0) is 15.4. The predicted molar refractivity (Wildman–Crippen MR) is 77.2 cm³/mol. The first-order valence-corrected chi connectivity index (χ1v) is 6.14. The molecule has 0 aliphatic heterocycles. The zero-order valence-corrected chi connectivity index (χ0v) is 11.2. The van der Waals surface area contributed by atoms with Crippen LogP contribution in [0, 0.1) is 12.7 Å². The SMILES string of the molecule is Cc1cccc(NC(=O)Nc2c(F)cccc2C(=O)O)c1. The molecule has 0 aliphatic rings. The number of aryl methyl sites for hydroxylation is 1. The maximum absolute atomic E-state index is 13.7. The number of hydrogen-bond acceptors (Lipinski definition) is 2. The number of carbonyl (C=O) groups is 2. The lowest BCUT2D eigenvalue weighted by molar-refractivity contribution is 0.0697. The van der Waals surface area contributed by atoms with Gasteiger partial charge in [-0.15, -0.1) is 0 Å². The van der Waals surface area contributed by atoms with E-state index in [2.05, 4.69) is 10.6 Å². The van der Waals surface area contributed by atoms with Gasteiger partial charge >= 0.3 is 12.0 Å². The van der Waals surface area contributed by atoms with Gasteiger partial charge in [0, 0.05) is 5.69 Å². The Morgan fingerprint density at radius 1 is 1.10 bits per heavy atom. The van der Waals surface area contributed by atoms with Gasteiger partial charge in [-0.25, -0.2) is 14.0 Å². The van der Waals surface area contributed by atoms with Crippen LogP contribution in [0.25, 0.3) is 0 Å². The van der Waals surface area contributed by atoms with Crippen LogP contribution in [0.2, 0.25) is 0 Å². The van der Waals surface area contributed by atoms with Gasteiger partial charge in [-0.3, -0.25) is 0 Å². The van der Waals surface area contributed by atoms with Gasteiger partial charge in [-0.2, -0.15) is 0 Å². The molecule has 21 heavy (non-hydrogen) atoms. The van der Waals surface area contributed by atoms with E-state index in [0.29, 0.717) is 5.69 Å². The second kappa shape index (κ2) is 6.04. The first-order chi connectivity index (χ1) is 9.97. The van der Waals surface area contributed by atoms with E-state index in [9.17, 15) is 14.0 Å². The minimum absolute atomic E-state index is 0.311. The van der Waals surface area contributed by atoms with Crippen LogP contribution >= 0.6 is 0 Å². The molecule has 2 rings (SSSR count). The summed E-state index contributed by atoms with van der Waals surface area (Å²) in [5.41, 5.74) is 0.801. The van der Waals surface area contributed by atoms with E-state index in [1.165, 1.54) is 12.1 Å². The van der Waals surface area contributed by atoms with Crippen molar-refractivity contribution in [3.63, 3.8) is 0 Å². The summed E-state index contributed by atoms with van der Waals surface area (Å²) in [5.74, 6) is -2.13.